The average molecular weight is 267 g/mol. The van der Waals surface area contributed by atoms with Crippen LogP contribution in [0, 0.1) is 6.92 Å². The Morgan fingerprint density at radius 1 is 1.37 bits per heavy atom. The fraction of sp³-hybridized carbons (Fsp3) is 0.385. The van der Waals surface area contributed by atoms with E-state index in [1.807, 2.05) is 0 Å². The van der Waals surface area contributed by atoms with Crippen LogP contribution in [0.3, 0.4) is 0 Å². The van der Waals surface area contributed by atoms with Crippen LogP contribution in [0.2, 0.25) is 0 Å². The summed E-state index contributed by atoms with van der Waals surface area (Å²) in [5.41, 5.74) is 0.903. The van der Waals surface area contributed by atoms with Gasteiger partial charge in [-0.3, -0.25) is 9.59 Å². The number of carbonyl (C=O) groups excluding carboxylic acids is 1. The average Bonchev–Trinajstić information content (AvgIpc) is 2.36. The number of rotatable bonds is 6. The van der Waals surface area contributed by atoms with E-state index in [0.29, 0.717) is 0 Å². The largest absolute Gasteiger partial charge is 0.507 e. The first-order valence-electron chi connectivity index (χ1n) is 5.75. The molecule has 0 aliphatic heterocycles. The molecule has 1 amide bonds. The third kappa shape index (κ3) is 4.26. The smallest absolute Gasteiger partial charge is 0.323 e. The molecule has 0 fully saturated rings. The van der Waals surface area contributed by atoms with Gasteiger partial charge in [0.15, 0.2) is 0 Å². The quantitative estimate of drug-likeness (QED) is 0.798. The lowest BCUT2D eigenvalue weighted by Gasteiger charge is -2.21. The Bertz CT molecular complexity index is 472. The van der Waals surface area contributed by atoms with Crippen LogP contribution in [0.4, 0.5) is 0 Å². The van der Waals surface area contributed by atoms with Crippen molar-refractivity contribution in [2.24, 2.45) is 0 Å². The minimum atomic E-state index is -1.11. The maximum atomic E-state index is 12.2. The number of methoxy groups -OCH3 is 1. The van der Waals surface area contributed by atoms with Crippen molar-refractivity contribution >= 4 is 11.9 Å². The molecule has 0 aliphatic rings. The summed E-state index contributed by atoms with van der Waals surface area (Å²) in [6, 6.07) is 4.61. The van der Waals surface area contributed by atoms with Crippen LogP contribution in [-0.2, 0) is 9.53 Å². The second-order valence-corrected chi connectivity index (χ2v) is 4.13. The van der Waals surface area contributed by atoms with Gasteiger partial charge in [0, 0.05) is 13.7 Å². The molecular formula is C13H17NO5. The Balaban J connectivity index is 2.97. The van der Waals surface area contributed by atoms with Gasteiger partial charge in [-0.1, -0.05) is 11.6 Å². The second kappa shape index (κ2) is 6.75. The normalized spacial score (nSPS) is 10.2. The third-order valence-corrected chi connectivity index (χ3v) is 2.56. The highest BCUT2D eigenvalue weighted by atomic mass is 16.5. The van der Waals surface area contributed by atoms with Crippen LogP contribution in [0.15, 0.2) is 18.2 Å². The van der Waals surface area contributed by atoms with Crippen molar-refractivity contribution in [1.29, 1.82) is 0 Å². The molecule has 0 unspecified atom stereocenters. The number of hydrogen-bond donors (Lipinski definition) is 2. The van der Waals surface area contributed by atoms with E-state index >= 15 is 0 Å². The molecule has 2 N–H and O–H groups in total. The maximum absolute atomic E-state index is 12.2. The number of carboxylic acids is 1. The molecule has 104 valence electrons. The summed E-state index contributed by atoms with van der Waals surface area (Å²) in [6.45, 7) is 1.73. The highest BCUT2D eigenvalue weighted by Gasteiger charge is 2.21. The molecule has 0 saturated carbocycles. The van der Waals surface area contributed by atoms with Gasteiger partial charge in [-0.2, -0.15) is 0 Å². The van der Waals surface area contributed by atoms with E-state index in [1.165, 1.54) is 19.2 Å². The summed E-state index contributed by atoms with van der Waals surface area (Å²) in [6.07, 6.45) is 0. The number of hydrogen-bond acceptors (Lipinski definition) is 4. The van der Waals surface area contributed by atoms with E-state index in [2.05, 4.69) is 0 Å². The van der Waals surface area contributed by atoms with Crippen molar-refractivity contribution in [1.82, 2.24) is 4.90 Å². The van der Waals surface area contributed by atoms with Gasteiger partial charge in [0.05, 0.1) is 12.2 Å². The monoisotopic (exact) mass is 267 g/mol. The van der Waals surface area contributed by atoms with Gasteiger partial charge < -0.3 is 19.8 Å². The van der Waals surface area contributed by atoms with Crippen LogP contribution < -0.4 is 0 Å². The molecule has 0 heterocycles. The molecule has 0 bridgehead atoms. The maximum Gasteiger partial charge on any atom is 0.323 e. The first-order chi connectivity index (χ1) is 8.95. The predicted molar refractivity (Wildman–Crippen MR) is 68.3 cm³/mol. The van der Waals surface area contributed by atoms with Crippen LogP contribution in [0.5, 0.6) is 5.75 Å². The Hall–Kier alpha value is -2.08. The van der Waals surface area contributed by atoms with E-state index in [1.54, 1.807) is 13.0 Å². The lowest BCUT2D eigenvalue weighted by Crippen LogP contribution is -2.38. The van der Waals surface area contributed by atoms with Crippen molar-refractivity contribution in [3.8, 4) is 5.75 Å². The van der Waals surface area contributed by atoms with Crippen molar-refractivity contribution < 1.29 is 24.5 Å². The number of nitrogens with zero attached hydrogens (tertiary/aromatic N) is 1. The van der Waals surface area contributed by atoms with Crippen molar-refractivity contribution in [2.75, 3.05) is 26.8 Å². The molecule has 1 aromatic rings. The van der Waals surface area contributed by atoms with E-state index < -0.39 is 18.4 Å². The van der Waals surface area contributed by atoms with Crippen LogP contribution in [0.25, 0.3) is 0 Å². The number of aromatic hydroxyl groups is 1. The molecule has 0 aliphatic carbocycles. The van der Waals surface area contributed by atoms with Crippen molar-refractivity contribution in [3.05, 3.63) is 29.3 Å². The lowest BCUT2D eigenvalue weighted by molar-refractivity contribution is -0.137. The van der Waals surface area contributed by atoms with Gasteiger partial charge in [-0.25, -0.2) is 0 Å². The molecule has 1 rings (SSSR count). The molecule has 6 heteroatoms. The van der Waals surface area contributed by atoms with Crippen LogP contribution in [-0.4, -0.2) is 53.8 Å². The summed E-state index contributed by atoms with van der Waals surface area (Å²) in [5, 5.41) is 18.5. The molecular weight excluding hydrogens is 250 g/mol. The topological polar surface area (TPSA) is 87.1 Å². The van der Waals surface area contributed by atoms with Crippen molar-refractivity contribution in [2.45, 2.75) is 6.92 Å². The van der Waals surface area contributed by atoms with Crippen LogP contribution >= 0.6 is 0 Å². The number of carboxylic acid groups (broad SMARTS) is 1. The number of ether oxygens (including phenoxy) is 1. The summed E-state index contributed by atoms with van der Waals surface area (Å²) in [4.78, 5) is 24.1. The Morgan fingerprint density at radius 2 is 2.05 bits per heavy atom. The number of carbonyl (C=O) groups is 2. The van der Waals surface area contributed by atoms with Gasteiger partial charge in [-0.05, 0) is 19.1 Å². The molecule has 0 saturated heterocycles. The Morgan fingerprint density at radius 3 is 2.63 bits per heavy atom. The molecule has 0 atom stereocenters. The summed E-state index contributed by atoms with van der Waals surface area (Å²) in [5.74, 6) is -1.80. The zero-order chi connectivity index (χ0) is 14.4. The van der Waals surface area contributed by atoms with E-state index in [9.17, 15) is 14.7 Å². The number of aliphatic carboxylic acids is 1. The van der Waals surface area contributed by atoms with Gasteiger partial charge in [-0.15, -0.1) is 0 Å². The highest BCUT2D eigenvalue weighted by Crippen LogP contribution is 2.20. The van der Waals surface area contributed by atoms with Gasteiger partial charge in [0.2, 0.25) is 0 Å². The van der Waals surface area contributed by atoms with Crippen molar-refractivity contribution in [3.63, 3.8) is 0 Å². The van der Waals surface area contributed by atoms with Gasteiger partial charge in [0.25, 0.3) is 5.91 Å². The third-order valence-electron chi connectivity index (χ3n) is 2.56. The minimum Gasteiger partial charge on any atom is -0.507 e. The predicted octanol–water partition coefficient (Wildman–Crippen LogP) is 0.874. The fourth-order valence-corrected chi connectivity index (χ4v) is 1.61. The minimum absolute atomic E-state index is 0.0948. The molecule has 0 spiro atoms. The standard InChI is InChI=1S/C13H17NO5/c1-9-3-4-11(15)10(7-9)13(18)14(5-6-19-2)8-12(16)17/h3-4,7,15H,5-6,8H2,1-2H3,(H,16,17). The number of phenolic OH excluding ortho intramolecular Hbond substituents is 1. The van der Waals surface area contributed by atoms with Gasteiger partial charge >= 0.3 is 5.97 Å². The SMILES string of the molecule is COCCN(CC(=O)O)C(=O)c1cc(C)ccc1O. The zero-order valence-corrected chi connectivity index (χ0v) is 10.9. The Kier molecular flexibility index (Phi) is 5.32. The summed E-state index contributed by atoms with van der Waals surface area (Å²) >= 11 is 0. The summed E-state index contributed by atoms with van der Waals surface area (Å²) in [7, 11) is 1.47. The molecule has 1 aromatic carbocycles. The number of benzene rings is 1. The molecule has 0 radical (unpaired) electrons. The number of amides is 1. The van der Waals surface area contributed by atoms with Crippen LogP contribution in [0.1, 0.15) is 15.9 Å². The van der Waals surface area contributed by atoms with Gasteiger partial charge in [0.1, 0.15) is 12.3 Å². The molecule has 19 heavy (non-hydrogen) atoms. The zero-order valence-electron chi connectivity index (χ0n) is 10.9. The fourth-order valence-electron chi connectivity index (χ4n) is 1.61. The van der Waals surface area contributed by atoms with E-state index in [0.717, 1.165) is 10.5 Å². The number of phenols is 1. The van der Waals surface area contributed by atoms with E-state index in [-0.39, 0.29) is 24.5 Å². The molecule has 0 aromatic heterocycles. The highest BCUT2D eigenvalue weighted by molar-refractivity contribution is 5.98. The molecule has 6 nitrogen and oxygen atoms in total. The second-order valence-electron chi connectivity index (χ2n) is 4.13. The van der Waals surface area contributed by atoms with E-state index in [4.69, 9.17) is 9.84 Å². The first-order valence-corrected chi connectivity index (χ1v) is 5.75. The Labute approximate surface area is 111 Å². The lowest BCUT2D eigenvalue weighted by atomic mass is 10.1. The number of aryl methyl sites for hydroxylation is 1. The summed E-state index contributed by atoms with van der Waals surface area (Å²) < 4.78 is 4.84. The first kappa shape index (κ1) is 15.0.